The molecular formula is C21H24N4O2S. The number of hydrogen-bond acceptors (Lipinski definition) is 5. The number of para-hydroxylation sites is 1. The Morgan fingerprint density at radius 1 is 1.11 bits per heavy atom. The Balaban J connectivity index is 1.26. The van der Waals surface area contributed by atoms with E-state index < -0.39 is 0 Å². The summed E-state index contributed by atoms with van der Waals surface area (Å²) in [4.78, 5) is 33.6. The zero-order chi connectivity index (χ0) is 19.3. The van der Waals surface area contributed by atoms with Crippen molar-refractivity contribution in [2.75, 3.05) is 42.1 Å². The number of aromatic nitrogens is 1. The molecule has 1 fully saturated rings. The summed E-state index contributed by atoms with van der Waals surface area (Å²) in [6.07, 6.45) is 3.40. The summed E-state index contributed by atoms with van der Waals surface area (Å²) in [6, 6.07) is 13.8. The first-order valence-electron chi connectivity index (χ1n) is 9.65. The zero-order valence-corrected chi connectivity index (χ0v) is 16.5. The van der Waals surface area contributed by atoms with E-state index in [0.717, 1.165) is 43.0 Å². The highest BCUT2D eigenvalue weighted by Crippen LogP contribution is 2.27. The van der Waals surface area contributed by atoms with Gasteiger partial charge in [0.25, 0.3) is 0 Å². The monoisotopic (exact) mass is 396 g/mol. The van der Waals surface area contributed by atoms with Crippen LogP contribution in [0.5, 0.6) is 0 Å². The van der Waals surface area contributed by atoms with Gasteiger partial charge in [0, 0.05) is 38.1 Å². The Bertz CT molecular complexity index is 837. The van der Waals surface area contributed by atoms with Crippen molar-refractivity contribution in [1.82, 2.24) is 9.88 Å². The summed E-state index contributed by atoms with van der Waals surface area (Å²) in [5.41, 5.74) is 2.06. The third-order valence-electron chi connectivity index (χ3n) is 5.26. The number of rotatable bonds is 4. The van der Waals surface area contributed by atoms with Crippen LogP contribution in [-0.2, 0) is 16.0 Å². The van der Waals surface area contributed by atoms with Crippen molar-refractivity contribution in [3.8, 4) is 0 Å². The normalized spacial score (nSPS) is 19.6. The molecule has 146 valence electrons. The van der Waals surface area contributed by atoms with Gasteiger partial charge in [0.2, 0.25) is 11.8 Å². The van der Waals surface area contributed by atoms with Gasteiger partial charge in [-0.05, 0) is 36.6 Å². The molecule has 3 heterocycles. The fourth-order valence-corrected chi connectivity index (χ4v) is 4.66. The second-order valence-electron chi connectivity index (χ2n) is 7.04. The Morgan fingerprint density at radius 3 is 2.68 bits per heavy atom. The van der Waals surface area contributed by atoms with Gasteiger partial charge in [-0.1, -0.05) is 24.3 Å². The number of anilines is 2. The number of amides is 2. The smallest absolute Gasteiger partial charge is 0.237 e. The number of carbonyl (C=O) groups is 2. The standard InChI is InChI=1S/C21H24N4O2S/c26-20(25-13-11-24(12-14-25)19-7-3-4-10-22-19)15-28-18-9-8-16-5-1-2-6-17(16)23-21(18)27/h1-7,10,18H,8-9,11-15H2,(H,23,27)/t18-/m0/s1. The number of piperazine rings is 1. The van der Waals surface area contributed by atoms with E-state index in [-0.39, 0.29) is 17.1 Å². The topological polar surface area (TPSA) is 65.5 Å². The highest BCUT2D eigenvalue weighted by molar-refractivity contribution is 8.01. The fraction of sp³-hybridized carbons (Fsp3) is 0.381. The zero-order valence-electron chi connectivity index (χ0n) is 15.7. The first-order valence-corrected chi connectivity index (χ1v) is 10.7. The molecule has 0 spiro atoms. The molecule has 0 unspecified atom stereocenters. The average molecular weight is 397 g/mol. The highest BCUT2D eigenvalue weighted by atomic mass is 32.2. The van der Waals surface area contributed by atoms with Crippen molar-refractivity contribution < 1.29 is 9.59 Å². The molecule has 7 heteroatoms. The average Bonchev–Trinajstić information content (AvgIpc) is 2.91. The molecule has 6 nitrogen and oxygen atoms in total. The maximum Gasteiger partial charge on any atom is 0.237 e. The van der Waals surface area contributed by atoms with Crippen molar-refractivity contribution in [2.24, 2.45) is 0 Å². The van der Waals surface area contributed by atoms with Gasteiger partial charge in [0.15, 0.2) is 0 Å². The molecular weight excluding hydrogens is 372 g/mol. The number of hydrogen-bond donors (Lipinski definition) is 1. The van der Waals surface area contributed by atoms with Crippen LogP contribution in [0.25, 0.3) is 0 Å². The number of nitrogens with one attached hydrogen (secondary N) is 1. The number of thioether (sulfide) groups is 1. The fourth-order valence-electron chi connectivity index (χ4n) is 3.64. The van der Waals surface area contributed by atoms with E-state index in [1.165, 1.54) is 11.8 Å². The number of carbonyl (C=O) groups excluding carboxylic acids is 2. The summed E-state index contributed by atoms with van der Waals surface area (Å²) in [5.74, 6) is 1.42. The highest BCUT2D eigenvalue weighted by Gasteiger charge is 2.27. The lowest BCUT2D eigenvalue weighted by Gasteiger charge is -2.35. The minimum atomic E-state index is -0.189. The molecule has 2 aromatic rings. The maximum absolute atomic E-state index is 12.6. The maximum atomic E-state index is 12.6. The molecule has 1 atom stereocenters. The molecule has 0 radical (unpaired) electrons. The number of nitrogens with zero attached hydrogens (tertiary/aromatic N) is 3. The molecule has 2 aliphatic heterocycles. The number of fused-ring (bicyclic) bond motifs is 1. The summed E-state index contributed by atoms with van der Waals surface area (Å²) < 4.78 is 0. The quantitative estimate of drug-likeness (QED) is 0.860. The van der Waals surface area contributed by atoms with Crippen LogP contribution in [0.4, 0.5) is 11.5 Å². The summed E-state index contributed by atoms with van der Waals surface area (Å²) in [5, 5.41) is 2.81. The van der Waals surface area contributed by atoms with Crippen LogP contribution in [0, 0.1) is 0 Å². The van der Waals surface area contributed by atoms with Crippen LogP contribution < -0.4 is 10.2 Å². The summed E-state index contributed by atoms with van der Waals surface area (Å²) in [6.45, 7) is 2.95. The van der Waals surface area contributed by atoms with E-state index in [9.17, 15) is 9.59 Å². The Morgan fingerprint density at radius 2 is 1.89 bits per heavy atom. The van der Waals surface area contributed by atoms with Crippen LogP contribution in [-0.4, -0.2) is 58.9 Å². The first-order chi connectivity index (χ1) is 13.7. The third-order valence-corrected chi connectivity index (χ3v) is 6.52. The van der Waals surface area contributed by atoms with E-state index in [1.54, 1.807) is 6.20 Å². The van der Waals surface area contributed by atoms with Crippen molar-refractivity contribution in [3.05, 3.63) is 54.2 Å². The van der Waals surface area contributed by atoms with Crippen molar-refractivity contribution in [3.63, 3.8) is 0 Å². The number of aryl methyl sites for hydroxylation is 1. The Kier molecular flexibility index (Phi) is 5.81. The minimum Gasteiger partial charge on any atom is -0.353 e. The van der Waals surface area contributed by atoms with Gasteiger partial charge in [-0.3, -0.25) is 9.59 Å². The molecule has 0 bridgehead atoms. The molecule has 1 aromatic heterocycles. The second kappa shape index (κ2) is 8.65. The van der Waals surface area contributed by atoms with Crippen molar-refractivity contribution >= 4 is 35.1 Å². The van der Waals surface area contributed by atoms with Crippen LogP contribution in [0.1, 0.15) is 12.0 Å². The van der Waals surface area contributed by atoms with E-state index in [0.29, 0.717) is 18.8 Å². The molecule has 1 saturated heterocycles. The van der Waals surface area contributed by atoms with Gasteiger partial charge >= 0.3 is 0 Å². The number of benzene rings is 1. The summed E-state index contributed by atoms with van der Waals surface area (Å²) >= 11 is 1.46. The molecule has 2 amide bonds. The van der Waals surface area contributed by atoms with Crippen LogP contribution in [0.3, 0.4) is 0 Å². The predicted molar refractivity (Wildman–Crippen MR) is 113 cm³/mol. The van der Waals surface area contributed by atoms with Gasteiger partial charge in [-0.2, -0.15) is 0 Å². The van der Waals surface area contributed by atoms with Crippen LogP contribution >= 0.6 is 11.8 Å². The lowest BCUT2D eigenvalue weighted by Crippen LogP contribution is -2.49. The molecule has 2 aliphatic rings. The second-order valence-corrected chi connectivity index (χ2v) is 8.23. The van der Waals surface area contributed by atoms with Gasteiger partial charge in [-0.25, -0.2) is 4.98 Å². The molecule has 1 N–H and O–H groups in total. The van der Waals surface area contributed by atoms with Crippen LogP contribution in [0.15, 0.2) is 48.7 Å². The van der Waals surface area contributed by atoms with Gasteiger partial charge in [-0.15, -0.1) is 11.8 Å². The lowest BCUT2D eigenvalue weighted by atomic mass is 10.1. The SMILES string of the molecule is O=C1Nc2ccccc2CC[C@@H]1SCC(=O)N1CCN(c2ccccn2)CC1. The molecule has 1 aromatic carbocycles. The minimum absolute atomic E-state index is 0.00252. The molecule has 28 heavy (non-hydrogen) atoms. The molecule has 0 aliphatic carbocycles. The van der Waals surface area contributed by atoms with Gasteiger partial charge < -0.3 is 15.1 Å². The third kappa shape index (κ3) is 4.30. The van der Waals surface area contributed by atoms with Crippen molar-refractivity contribution in [2.45, 2.75) is 18.1 Å². The largest absolute Gasteiger partial charge is 0.353 e. The Labute approximate surface area is 169 Å². The number of pyridine rings is 1. The van der Waals surface area contributed by atoms with Crippen molar-refractivity contribution in [1.29, 1.82) is 0 Å². The van der Waals surface area contributed by atoms with E-state index in [2.05, 4.69) is 21.3 Å². The van der Waals surface area contributed by atoms with E-state index >= 15 is 0 Å². The molecule has 4 rings (SSSR count). The predicted octanol–water partition coefficient (Wildman–Crippen LogP) is 2.42. The molecule has 0 saturated carbocycles. The van der Waals surface area contributed by atoms with E-state index in [1.807, 2.05) is 41.3 Å². The Hall–Kier alpha value is -2.54. The van der Waals surface area contributed by atoms with Gasteiger partial charge in [0.1, 0.15) is 5.82 Å². The summed E-state index contributed by atoms with van der Waals surface area (Å²) in [7, 11) is 0. The van der Waals surface area contributed by atoms with Gasteiger partial charge in [0.05, 0.1) is 11.0 Å². The first kappa shape index (κ1) is 18.8. The van der Waals surface area contributed by atoms with Crippen LogP contribution in [0.2, 0.25) is 0 Å². The van der Waals surface area contributed by atoms with E-state index in [4.69, 9.17) is 0 Å². The lowest BCUT2D eigenvalue weighted by molar-refractivity contribution is -0.128.